The lowest BCUT2D eigenvalue weighted by molar-refractivity contribution is 0.0634. The number of aryl methyl sites for hydroxylation is 2. The highest BCUT2D eigenvalue weighted by molar-refractivity contribution is 5.27. The highest BCUT2D eigenvalue weighted by Gasteiger charge is 2.41. The molecule has 0 amide bonds. The van der Waals surface area contributed by atoms with Crippen molar-refractivity contribution < 1.29 is 4.74 Å². The van der Waals surface area contributed by atoms with Crippen molar-refractivity contribution in [3.63, 3.8) is 0 Å². The molecule has 2 aliphatic heterocycles. The summed E-state index contributed by atoms with van der Waals surface area (Å²) in [6, 6.07) is 13.6. The van der Waals surface area contributed by atoms with Gasteiger partial charge >= 0.3 is 0 Å². The first-order valence-corrected chi connectivity index (χ1v) is 8.55. The topological polar surface area (TPSA) is 30.3 Å². The minimum absolute atomic E-state index is 0.168. The van der Waals surface area contributed by atoms with Crippen LogP contribution in [0.2, 0.25) is 0 Å². The van der Waals surface area contributed by atoms with Crippen LogP contribution < -0.4 is 0 Å². The zero-order chi connectivity index (χ0) is 15.9. The molecule has 1 atom stereocenters. The standard InChI is InChI=1S/C19H25N3O/c1-15-10-16(2)22(20-15)18-11-21(12-18)13-19(8-9-23-14-19)17-6-4-3-5-7-17/h3-7,10,18H,8-9,11-14H2,1-2H3. The Morgan fingerprint density at radius 1 is 1.22 bits per heavy atom. The van der Waals surface area contributed by atoms with Crippen LogP contribution >= 0.6 is 0 Å². The summed E-state index contributed by atoms with van der Waals surface area (Å²) in [4.78, 5) is 2.56. The van der Waals surface area contributed by atoms with E-state index in [-0.39, 0.29) is 5.41 Å². The first-order chi connectivity index (χ1) is 11.2. The Labute approximate surface area is 138 Å². The monoisotopic (exact) mass is 311 g/mol. The average Bonchev–Trinajstić information content (AvgIpc) is 3.11. The van der Waals surface area contributed by atoms with Crippen LogP contribution in [0.25, 0.3) is 0 Å². The van der Waals surface area contributed by atoms with Gasteiger partial charge in [0.1, 0.15) is 0 Å². The molecule has 1 aromatic heterocycles. The lowest BCUT2D eigenvalue weighted by atomic mass is 9.78. The van der Waals surface area contributed by atoms with Gasteiger partial charge in [0.05, 0.1) is 18.3 Å². The number of benzene rings is 1. The van der Waals surface area contributed by atoms with E-state index < -0.39 is 0 Å². The summed E-state index contributed by atoms with van der Waals surface area (Å²) in [5.41, 5.74) is 3.98. The predicted molar refractivity (Wildman–Crippen MR) is 90.7 cm³/mol. The number of ether oxygens (including phenoxy) is 1. The van der Waals surface area contributed by atoms with E-state index in [2.05, 4.69) is 64.9 Å². The zero-order valence-electron chi connectivity index (χ0n) is 14.0. The molecule has 0 N–H and O–H groups in total. The van der Waals surface area contributed by atoms with E-state index in [1.165, 1.54) is 11.3 Å². The third kappa shape index (κ3) is 2.70. The Balaban J connectivity index is 1.45. The Morgan fingerprint density at radius 3 is 2.61 bits per heavy atom. The van der Waals surface area contributed by atoms with Crippen molar-refractivity contribution >= 4 is 0 Å². The second-order valence-electron chi connectivity index (χ2n) is 7.17. The molecule has 4 heteroatoms. The number of hydrogen-bond donors (Lipinski definition) is 0. The third-order valence-corrected chi connectivity index (χ3v) is 5.34. The summed E-state index contributed by atoms with van der Waals surface area (Å²) in [5, 5.41) is 4.64. The summed E-state index contributed by atoms with van der Waals surface area (Å²) >= 11 is 0. The lowest BCUT2D eigenvalue weighted by Crippen LogP contribution is -2.53. The van der Waals surface area contributed by atoms with Crippen LogP contribution in [0.5, 0.6) is 0 Å². The van der Waals surface area contributed by atoms with Gasteiger partial charge in [-0.05, 0) is 31.9 Å². The minimum atomic E-state index is 0.168. The predicted octanol–water partition coefficient (Wildman–Crippen LogP) is 2.71. The van der Waals surface area contributed by atoms with Crippen LogP contribution in [0.15, 0.2) is 36.4 Å². The van der Waals surface area contributed by atoms with Crippen LogP contribution in [0, 0.1) is 13.8 Å². The first kappa shape index (κ1) is 14.9. The molecule has 2 fully saturated rings. The van der Waals surface area contributed by atoms with Crippen LogP contribution in [-0.4, -0.2) is 47.5 Å². The van der Waals surface area contributed by atoms with Gasteiger partial charge in [-0.25, -0.2) is 0 Å². The van der Waals surface area contributed by atoms with Crippen LogP contribution in [0.4, 0.5) is 0 Å². The fourth-order valence-electron chi connectivity index (χ4n) is 4.11. The van der Waals surface area contributed by atoms with Gasteiger partial charge in [-0.1, -0.05) is 30.3 Å². The van der Waals surface area contributed by atoms with Crippen molar-refractivity contribution in [2.24, 2.45) is 0 Å². The molecule has 0 spiro atoms. The Hall–Kier alpha value is -1.65. The fraction of sp³-hybridized carbons (Fsp3) is 0.526. The molecule has 23 heavy (non-hydrogen) atoms. The maximum absolute atomic E-state index is 5.77. The molecule has 0 radical (unpaired) electrons. The van der Waals surface area contributed by atoms with Crippen LogP contribution in [-0.2, 0) is 10.2 Å². The van der Waals surface area contributed by atoms with E-state index in [4.69, 9.17) is 4.74 Å². The summed E-state index contributed by atoms with van der Waals surface area (Å²) in [6.07, 6.45) is 1.12. The maximum atomic E-state index is 5.77. The maximum Gasteiger partial charge on any atom is 0.0775 e. The number of hydrogen-bond acceptors (Lipinski definition) is 3. The van der Waals surface area contributed by atoms with Gasteiger partial charge in [0.25, 0.3) is 0 Å². The van der Waals surface area contributed by atoms with E-state index in [0.717, 1.165) is 45.0 Å². The van der Waals surface area contributed by atoms with Gasteiger partial charge < -0.3 is 4.74 Å². The van der Waals surface area contributed by atoms with Gasteiger partial charge in [0.15, 0.2) is 0 Å². The van der Waals surface area contributed by atoms with Crippen molar-refractivity contribution in [3.05, 3.63) is 53.3 Å². The second kappa shape index (κ2) is 5.77. The number of aromatic nitrogens is 2. The molecule has 0 aliphatic carbocycles. The summed E-state index contributed by atoms with van der Waals surface area (Å²) < 4.78 is 7.97. The highest BCUT2D eigenvalue weighted by atomic mass is 16.5. The van der Waals surface area contributed by atoms with E-state index in [1.807, 2.05) is 0 Å². The number of nitrogens with zero attached hydrogens (tertiary/aromatic N) is 3. The molecule has 1 aromatic carbocycles. The molecule has 3 heterocycles. The zero-order valence-corrected chi connectivity index (χ0v) is 14.0. The van der Waals surface area contributed by atoms with Gasteiger partial charge in [-0.3, -0.25) is 9.58 Å². The van der Waals surface area contributed by atoms with Crippen molar-refractivity contribution in [2.45, 2.75) is 31.7 Å². The van der Waals surface area contributed by atoms with Crippen molar-refractivity contribution in [2.75, 3.05) is 32.8 Å². The molecule has 2 aromatic rings. The van der Waals surface area contributed by atoms with Crippen molar-refractivity contribution in [3.8, 4) is 0 Å². The quantitative estimate of drug-likeness (QED) is 0.870. The molecule has 0 saturated carbocycles. The van der Waals surface area contributed by atoms with Gasteiger partial charge in [-0.15, -0.1) is 0 Å². The van der Waals surface area contributed by atoms with E-state index in [0.29, 0.717) is 6.04 Å². The molecule has 2 saturated heterocycles. The van der Waals surface area contributed by atoms with Gasteiger partial charge in [-0.2, -0.15) is 5.10 Å². The molecular weight excluding hydrogens is 286 g/mol. The minimum Gasteiger partial charge on any atom is -0.380 e. The average molecular weight is 311 g/mol. The van der Waals surface area contributed by atoms with E-state index in [9.17, 15) is 0 Å². The largest absolute Gasteiger partial charge is 0.380 e. The van der Waals surface area contributed by atoms with Crippen molar-refractivity contribution in [1.82, 2.24) is 14.7 Å². The summed E-state index contributed by atoms with van der Waals surface area (Å²) in [7, 11) is 0. The molecule has 0 bridgehead atoms. The second-order valence-corrected chi connectivity index (χ2v) is 7.17. The van der Waals surface area contributed by atoms with Crippen LogP contribution in [0.1, 0.15) is 29.4 Å². The molecule has 4 nitrogen and oxygen atoms in total. The number of likely N-dealkylation sites (tertiary alicyclic amines) is 1. The van der Waals surface area contributed by atoms with Gasteiger partial charge in [0, 0.05) is 37.4 Å². The number of rotatable bonds is 4. The van der Waals surface area contributed by atoms with E-state index >= 15 is 0 Å². The smallest absolute Gasteiger partial charge is 0.0775 e. The molecule has 122 valence electrons. The Morgan fingerprint density at radius 2 is 2.00 bits per heavy atom. The molecule has 1 unspecified atom stereocenters. The summed E-state index contributed by atoms with van der Waals surface area (Å²) in [5.74, 6) is 0. The van der Waals surface area contributed by atoms with Crippen molar-refractivity contribution in [1.29, 1.82) is 0 Å². The fourth-order valence-corrected chi connectivity index (χ4v) is 4.11. The molecule has 2 aliphatic rings. The lowest BCUT2D eigenvalue weighted by Gasteiger charge is -2.44. The normalized spacial score (nSPS) is 25.7. The van der Waals surface area contributed by atoms with Gasteiger partial charge in [0.2, 0.25) is 0 Å². The first-order valence-electron chi connectivity index (χ1n) is 8.55. The molecule has 4 rings (SSSR count). The summed E-state index contributed by atoms with van der Waals surface area (Å²) in [6.45, 7) is 9.22. The Bertz CT molecular complexity index is 667. The Kier molecular flexibility index (Phi) is 3.74. The third-order valence-electron chi connectivity index (χ3n) is 5.34. The van der Waals surface area contributed by atoms with Crippen LogP contribution in [0.3, 0.4) is 0 Å². The SMILES string of the molecule is Cc1cc(C)n(C2CN(CC3(c4ccccc4)CCOC3)C2)n1. The highest BCUT2D eigenvalue weighted by Crippen LogP contribution is 2.36. The molecular formula is C19H25N3O. The van der Waals surface area contributed by atoms with E-state index in [1.54, 1.807) is 0 Å².